The van der Waals surface area contributed by atoms with Gasteiger partial charge in [0.15, 0.2) is 0 Å². The highest BCUT2D eigenvalue weighted by Gasteiger charge is 2.94. The van der Waals surface area contributed by atoms with E-state index in [2.05, 4.69) is 0 Å². The molecule has 0 amide bonds. The van der Waals surface area contributed by atoms with Gasteiger partial charge in [-0.05, 0) is 0 Å². The second-order valence-corrected chi connectivity index (χ2v) is 8.10. The highest BCUT2D eigenvalue weighted by atomic mass is 19.4. The second-order valence-electron chi connectivity index (χ2n) is 8.10. The summed E-state index contributed by atoms with van der Waals surface area (Å²) in [5.41, 5.74) is -11.3. The highest BCUT2D eigenvalue weighted by Crippen LogP contribution is 2.64. The summed E-state index contributed by atoms with van der Waals surface area (Å²) in [5.74, 6) is -100.0. The Morgan fingerprint density at radius 2 is 0.435 bits per heavy atom. The van der Waals surface area contributed by atoms with E-state index in [9.17, 15) is 124 Å². The van der Waals surface area contributed by atoms with Gasteiger partial charge in [0.1, 0.15) is 11.1 Å². The van der Waals surface area contributed by atoms with Crippen LogP contribution in [0.5, 0.6) is 0 Å². The molecule has 0 unspecified atom stereocenters. The fourth-order valence-corrected chi connectivity index (χ4v) is 2.65. The average Bonchev–Trinajstić information content (AvgIpc) is 2.78. The molecule has 0 aromatic heterocycles. The lowest BCUT2D eigenvalue weighted by molar-refractivity contribution is -0.438. The van der Waals surface area contributed by atoms with Crippen LogP contribution < -0.4 is 0 Å². The number of hydrogen-bond acceptors (Lipinski definition) is 2. The molecule has 0 saturated heterocycles. The van der Waals surface area contributed by atoms with Crippen LogP contribution in [0.2, 0.25) is 0 Å². The molecule has 0 aliphatic rings. The van der Waals surface area contributed by atoms with Gasteiger partial charge < -0.3 is 10.2 Å². The molecule has 0 saturated carbocycles. The summed E-state index contributed by atoms with van der Waals surface area (Å²) in [6.07, 6.45) is -16.4. The monoisotopic (exact) mass is 752 g/mol. The van der Waals surface area contributed by atoms with Gasteiger partial charge in [0.25, 0.3) is 0 Å². The molecule has 0 spiro atoms. The highest BCUT2D eigenvalue weighted by molar-refractivity contribution is 6.01. The summed E-state index contributed by atoms with van der Waals surface area (Å²) in [6, 6.07) is 0. The van der Waals surface area contributed by atoms with Crippen molar-refractivity contribution in [3.8, 4) is 0 Å². The van der Waals surface area contributed by atoms with Gasteiger partial charge in [0.2, 0.25) is 0 Å². The van der Waals surface area contributed by atoms with Crippen molar-refractivity contribution in [1.82, 2.24) is 0 Å². The first-order chi connectivity index (χ1) is 19.4. The maximum absolute atomic E-state index is 14.3. The minimum Gasteiger partial charge on any atom is -0.478 e. The van der Waals surface area contributed by atoms with Crippen LogP contribution in [0.1, 0.15) is 0 Å². The minimum atomic E-state index is -9.24. The largest absolute Gasteiger partial charge is 0.478 e. The Hall–Kier alpha value is -3.14. The van der Waals surface area contributed by atoms with Crippen LogP contribution in [0.3, 0.4) is 0 Å². The third-order valence-electron chi connectivity index (χ3n) is 5.17. The molecule has 30 heteroatoms. The molecule has 0 aliphatic carbocycles. The van der Waals surface area contributed by atoms with E-state index < -0.39 is 94.7 Å². The Kier molecular flexibility index (Phi) is 9.96. The van der Waals surface area contributed by atoms with Crippen molar-refractivity contribution < 1.29 is 134 Å². The Morgan fingerprint density at radius 3 is 0.565 bits per heavy atom. The number of aliphatic carboxylic acids is 2. The van der Waals surface area contributed by atoms with Crippen LogP contribution >= 0.6 is 0 Å². The fourth-order valence-electron chi connectivity index (χ4n) is 2.65. The molecule has 0 fully saturated rings. The number of carboxylic acids is 2. The lowest BCUT2D eigenvalue weighted by Gasteiger charge is -2.41. The molecule has 4 nitrogen and oxygen atoms in total. The molecule has 272 valence electrons. The molecule has 0 radical (unpaired) electrons. The van der Waals surface area contributed by atoms with E-state index in [1.807, 2.05) is 0 Å². The van der Waals surface area contributed by atoms with E-state index in [1.165, 1.54) is 0 Å². The summed E-state index contributed by atoms with van der Waals surface area (Å²) in [5, 5.41) is 16.8. The van der Waals surface area contributed by atoms with Crippen LogP contribution in [-0.4, -0.2) is 93.7 Å². The predicted octanol–water partition coefficient (Wildman–Crippen LogP) is 7.93. The van der Waals surface area contributed by atoms with Crippen LogP contribution in [0.4, 0.5) is 114 Å². The zero-order chi connectivity index (χ0) is 38.3. The van der Waals surface area contributed by atoms with Crippen molar-refractivity contribution in [3.63, 3.8) is 0 Å². The average molecular weight is 752 g/mol. The first-order valence-corrected chi connectivity index (χ1v) is 9.52. The molecular weight excluding hydrogens is 750 g/mol. The molecule has 0 heterocycles. The Morgan fingerprint density at radius 1 is 0.283 bits per heavy atom. The summed E-state index contributed by atoms with van der Waals surface area (Å²) in [7, 11) is 0. The first kappa shape index (κ1) is 42.9. The molecule has 0 aliphatic heterocycles. The molecule has 46 heavy (non-hydrogen) atoms. The first-order valence-electron chi connectivity index (χ1n) is 9.52. The number of carboxylic acid groups (broad SMARTS) is 2. The van der Waals surface area contributed by atoms with Crippen molar-refractivity contribution in [1.29, 1.82) is 0 Å². The molecule has 0 atom stereocenters. The smallest absolute Gasteiger partial charge is 0.460 e. The van der Waals surface area contributed by atoms with E-state index in [4.69, 9.17) is 10.2 Å². The van der Waals surface area contributed by atoms with Crippen molar-refractivity contribution in [3.05, 3.63) is 11.1 Å². The van der Waals surface area contributed by atoms with Crippen LogP contribution in [0.25, 0.3) is 0 Å². The molecule has 0 aromatic rings. The molecule has 0 rings (SSSR count). The fraction of sp³-hybridized carbons (Fsp3) is 0.750. The minimum absolute atomic E-state index is 4.95. The lowest BCUT2D eigenvalue weighted by Crippen LogP contribution is -2.71. The number of carbonyl (C=O) groups is 2. The number of halogens is 26. The molecular formula is C16H2F26O4. The standard InChI is InChI=1S/C16H2F26O4/c17-5(18,7(21,22)9(25,26)11(29,30)13(33,34)15(37,38)39)1(3(43)44)2(4(45)46)6(19,20)8(23,24)10(27,28)12(31,32)14(35,36)16(40,41)42/h(H,43,44)(H,45,46). The van der Waals surface area contributed by atoms with E-state index in [1.54, 1.807) is 0 Å². The van der Waals surface area contributed by atoms with Gasteiger partial charge in [-0.1, -0.05) is 0 Å². The maximum Gasteiger partial charge on any atom is 0.460 e. The summed E-state index contributed by atoms with van der Waals surface area (Å²) >= 11 is 0. The lowest BCUT2D eigenvalue weighted by atomic mass is 9.83. The zero-order valence-electron chi connectivity index (χ0n) is 19.5. The zero-order valence-corrected chi connectivity index (χ0v) is 19.5. The second kappa shape index (κ2) is 10.7. The van der Waals surface area contributed by atoms with Gasteiger partial charge >= 0.3 is 83.5 Å². The van der Waals surface area contributed by atoms with Crippen LogP contribution in [-0.2, 0) is 9.59 Å². The molecule has 0 aromatic carbocycles. The van der Waals surface area contributed by atoms with Crippen molar-refractivity contribution >= 4 is 11.9 Å². The third-order valence-corrected chi connectivity index (χ3v) is 5.17. The normalized spacial score (nSPS) is 16.7. The Bertz CT molecular complexity index is 1140. The predicted molar refractivity (Wildman–Crippen MR) is 83.9 cm³/mol. The van der Waals surface area contributed by atoms with Crippen molar-refractivity contribution in [2.45, 2.75) is 71.6 Å². The van der Waals surface area contributed by atoms with E-state index >= 15 is 0 Å². The Balaban J connectivity index is 8.18. The summed E-state index contributed by atoms with van der Waals surface area (Å²) in [6.45, 7) is 0. The van der Waals surface area contributed by atoms with Gasteiger partial charge in [0.05, 0.1) is 0 Å². The third kappa shape index (κ3) is 5.28. The van der Waals surface area contributed by atoms with Crippen molar-refractivity contribution in [2.75, 3.05) is 0 Å². The van der Waals surface area contributed by atoms with Gasteiger partial charge in [-0.2, -0.15) is 114 Å². The van der Waals surface area contributed by atoms with Crippen LogP contribution in [0.15, 0.2) is 11.1 Å². The maximum atomic E-state index is 14.3. The summed E-state index contributed by atoms with van der Waals surface area (Å²) < 4.78 is 345. The molecule has 2 N–H and O–H groups in total. The van der Waals surface area contributed by atoms with E-state index in [-0.39, 0.29) is 0 Å². The van der Waals surface area contributed by atoms with Crippen molar-refractivity contribution in [2.24, 2.45) is 0 Å². The van der Waals surface area contributed by atoms with E-state index in [0.29, 0.717) is 0 Å². The SMILES string of the molecule is O=C(O)C(=C(C(=O)O)C(F)(F)C(F)(F)C(F)(F)C(F)(F)C(F)(F)C(F)(F)F)C(F)(F)C(F)(F)C(F)(F)C(F)(F)C(F)(F)C(F)(F)F. The number of alkyl halides is 26. The quantitative estimate of drug-likeness (QED) is 0.157. The Labute approximate surface area is 230 Å². The van der Waals surface area contributed by atoms with Gasteiger partial charge in [0, 0.05) is 0 Å². The van der Waals surface area contributed by atoms with Crippen LogP contribution in [0, 0.1) is 0 Å². The van der Waals surface area contributed by atoms with Gasteiger partial charge in [-0.3, -0.25) is 0 Å². The summed E-state index contributed by atoms with van der Waals surface area (Å²) in [4.78, 5) is 21.8. The van der Waals surface area contributed by atoms with Gasteiger partial charge in [-0.15, -0.1) is 0 Å². The molecule has 0 bridgehead atoms. The van der Waals surface area contributed by atoms with Gasteiger partial charge in [-0.25, -0.2) is 9.59 Å². The van der Waals surface area contributed by atoms with E-state index in [0.717, 1.165) is 0 Å². The number of hydrogen-bond donors (Lipinski definition) is 2. The topological polar surface area (TPSA) is 74.6 Å². The number of rotatable bonds is 12.